The summed E-state index contributed by atoms with van der Waals surface area (Å²) in [6.45, 7) is 5.30. The topological polar surface area (TPSA) is 105 Å². The van der Waals surface area contributed by atoms with Crippen molar-refractivity contribution in [2.75, 3.05) is 38.0 Å². The summed E-state index contributed by atoms with van der Waals surface area (Å²) in [5.74, 6) is -0.161. The predicted molar refractivity (Wildman–Crippen MR) is 80.5 cm³/mol. The van der Waals surface area contributed by atoms with Crippen LogP contribution in [-0.2, 0) is 14.8 Å². The van der Waals surface area contributed by atoms with Crippen LogP contribution in [0.15, 0.2) is 23.1 Å². The number of carbonyl (C=O) groups excluding carboxylic acids is 1. The molecule has 116 valence electrons. The summed E-state index contributed by atoms with van der Waals surface area (Å²) < 4.78 is 22.9. The highest BCUT2D eigenvalue weighted by Crippen LogP contribution is 2.21. The zero-order chi connectivity index (χ0) is 15.5. The molecule has 0 atom stereocenters. The van der Waals surface area contributed by atoms with Gasteiger partial charge in [0.2, 0.25) is 15.9 Å². The maximum absolute atomic E-state index is 12.0. The first-order chi connectivity index (χ1) is 9.88. The molecule has 2 rings (SSSR count). The number of nitrogens with zero attached hydrogens (tertiary/aromatic N) is 1. The van der Waals surface area contributed by atoms with Crippen LogP contribution in [0.4, 0.5) is 5.69 Å². The second-order valence-corrected chi connectivity index (χ2v) is 6.58. The fraction of sp³-hybridized carbons (Fsp3) is 0.462. The number of primary sulfonamides is 1. The van der Waals surface area contributed by atoms with Crippen LogP contribution in [0.25, 0.3) is 0 Å². The highest BCUT2D eigenvalue weighted by molar-refractivity contribution is 7.89. The van der Waals surface area contributed by atoms with Gasteiger partial charge in [-0.25, -0.2) is 13.6 Å². The van der Waals surface area contributed by atoms with Crippen molar-refractivity contribution in [1.82, 2.24) is 10.2 Å². The van der Waals surface area contributed by atoms with Crippen molar-refractivity contribution in [1.29, 1.82) is 0 Å². The van der Waals surface area contributed by atoms with E-state index < -0.39 is 10.0 Å². The van der Waals surface area contributed by atoms with E-state index in [2.05, 4.69) is 10.6 Å². The number of carbonyl (C=O) groups is 1. The molecule has 1 aromatic rings. The lowest BCUT2D eigenvalue weighted by molar-refractivity contribution is -0.117. The van der Waals surface area contributed by atoms with E-state index in [1.165, 1.54) is 6.07 Å². The average Bonchev–Trinajstić information content (AvgIpc) is 2.41. The van der Waals surface area contributed by atoms with Crippen molar-refractivity contribution in [3.8, 4) is 0 Å². The standard InChI is InChI=1S/C13H20N4O3S/c1-10-11(3-2-4-12(10)21(14,19)20)16-13(18)9-17-7-5-15-6-8-17/h2-4,15H,5-9H2,1H3,(H,16,18)(H2,14,19,20). The fourth-order valence-electron chi connectivity index (χ4n) is 2.32. The van der Waals surface area contributed by atoms with Crippen LogP contribution < -0.4 is 15.8 Å². The Labute approximate surface area is 124 Å². The summed E-state index contributed by atoms with van der Waals surface area (Å²) in [4.78, 5) is 14.1. The van der Waals surface area contributed by atoms with E-state index in [-0.39, 0.29) is 10.8 Å². The molecule has 4 N–H and O–H groups in total. The Bertz CT molecular complexity index is 624. The Hall–Kier alpha value is -1.48. The second-order valence-electron chi connectivity index (χ2n) is 5.05. The number of piperazine rings is 1. The Kier molecular flexibility index (Phi) is 4.94. The third-order valence-electron chi connectivity index (χ3n) is 3.44. The highest BCUT2D eigenvalue weighted by atomic mass is 32.2. The van der Waals surface area contributed by atoms with Gasteiger partial charge in [-0.1, -0.05) is 6.07 Å². The maximum atomic E-state index is 12.0. The van der Waals surface area contributed by atoms with E-state index >= 15 is 0 Å². The van der Waals surface area contributed by atoms with Gasteiger partial charge in [0.25, 0.3) is 0 Å². The number of hydrogen-bond acceptors (Lipinski definition) is 5. The summed E-state index contributed by atoms with van der Waals surface area (Å²) in [6.07, 6.45) is 0. The molecule has 0 saturated carbocycles. The smallest absolute Gasteiger partial charge is 0.238 e. The third kappa shape index (κ3) is 4.24. The summed E-state index contributed by atoms with van der Waals surface area (Å²) in [5.41, 5.74) is 0.926. The van der Waals surface area contributed by atoms with E-state index in [0.717, 1.165) is 26.2 Å². The number of sulfonamides is 1. The second kappa shape index (κ2) is 6.52. The molecule has 0 bridgehead atoms. The minimum atomic E-state index is -3.79. The first kappa shape index (κ1) is 15.9. The molecule has 7 nitrogen and oxygen atoms in total. The molecule has 1 amide bonds. The fourth-order valence-corrected chi connectivity index (χ4v) is 3.13. The zero-order valence-corrected chi connectivity index (χ0v) is 12.7. The van der Waals surface area contributed by atoms with Crippen LogP contribution >= 0.6 is 0 Å². The van der Waals surface area contributed by atoms with Crippen LogP contribution in [0.3, 0.4) is 0 Å². The molecule has 1 aromatic carbocycles. The van der Waals surface area contributed by atoms with Gasteiger partial charge in [-0.2, -0.15) is 0 Å². The zero-order valence-electron chi connectivity index (χ0n) is 11.9. The molecular weight excluding hydrogens is 292 g/mol. The van der Waals surface area contributed by atoms with Gasteiger partial charge in [0.05, 0.1) is 11.4 Å². The molecule has 1 heterocycles. The van der Waals surface area contributed by atoms with Gasteiger partial charge in [-0.15, -0.1) is 0 Å². The maximum Gasteiger partial charge on any atom is 0.238 e. The Morgan fingerprint density at radius 2 is 2.05 bits per heavy atom. The van der Waals surface area contributed by atoms with Crippen molar-refractivity contribution in [3.63, 3.8) is 0 Å². The van der Waals surface area contributed by atoms with Crippen LogP contribution in [0.2, 0.25) is 0 Å². The average molecular weight is 312 g/mol. The van der Waals surface area contributed by atoms with Gasteiger partial charge in [0.15, 0.2) is 0 Å². The molecular formula is C13H20N4O3S. The normalized spacial score (nSPS) is 16.7. The van der Waals surface area contributed by atoms with Crippen molar-refractivity contribution in [2.24, 2.45) is 5.14 Å². The number of nitrogens with one attached hydrogen (secondary N) is 2. The SMILES string of the molecule is Cc1c(NC(=O)CN2CCNCC2)cccc1S(N)(=O)=O. The van der Waals surface area contributed by atoms with Crippen molar-refractivity contribution >= 4 is 21.6 Å². The molecule has 0 aromatic heterocycles. The molecule has 0 aliphatic carbocycles. The number of nitrogens with two attached hydrogens (primary N) is 1. The minimum absolute atomic E-state index is 0.0301. The van der Waals surface area contributed by atoms with E-state index in [1.807, 2.05) is 4.90 Å². The van der Waals surface area contributed by atoms with E-state index in [1.54, 1.807) is 19.1 Å². The highest BCUT2D eigenvalue weighted by Gasteiger charge is 2.17. The lowest BCUT2D eigenvalue weighted by Gasteiger charge is -2.26. The molecule has 1 saturated heterocycles. The molecule has 1 fully saturated rings. The van der Waals surface area contributed by atoms with Gasteiger partial charge in [-0.3, -0.25) is 9.69 Å². The van der Waals surface area contributed by atoms with Gasteiger partial charge in [-0.05, 0) is 24.6 Å². The summed E-state index contributed by atoms with van der Waals surface area (Å²) in [6, 6.07) is 4.66. The quantitative estimate of drug-likeness (QED) is 0.694. The van der Waals surface area contributed by atoms with E-state index in [9.17, 15) is 13.2 Å². The van der Waals surface area contributed by atoms with Gasteiger partial charge >= 0.3 is 0 Å². The van der Waals surface area contributed by atoms with Gasteiger partial charge in [0, 0.05) is 31.9 Å². The van der Waals surface area contributed by atoms with Crippen LogP contribution in [-0.4, -0.2) is 51.9 Å². The number of benzene rings is 1. The molecule has 0 spiro atoms. The summed E-state index contributed by atoms with van der Waals surface area (Å²) >= 11 is 0. The molecule has 8 heteroatoms. The Morgan fingerprint density at radius 3 is 2.67 bits per heavy atom. The van der Waals surface area contributed by atoms with E-state index in [0.29, 0.717) is 17.8 Å². The monoisotopic (exact) mass is 312 g/mol. The van der Waals surface area contributed by atoms with Crippen molar-refractivity contribution < 1.29 is 13.2 Å². The largest absolute Gasteiger partial charge is 0.325 e. The molecule has 1 aliphatic rings. The molecule has 1 aliphatic heterocycles. The lowest BCUT2D eigenvalue weighted by Crippen LogP contribution is -2.46. The first-order valence-electron chi connectivity index (χ1n) is 6.73. The Balaban J connectivity index is 2.07. The van der Waals surface area contributed by atoms with Crippen molar-refractivity contribution in [2.45, 2.75) is 11.8 Å². The number of rotatable bonds is 4. The predicted octanol–water partition coefficient (Wildman–Crippen LogP) is -0.514. The van der Waals surface area contributed by atoms with Crippen LogP contribution in [0.1, 0.15) is 5.56 Å². The lowest BCUT2D eigenvalue weighted by atomic mass is 10.2. The van der Waals surface area contributed by atoms with Gasteiger partial charge < -0.3 is 10.6 Å². The van der Waals surface area contributed by atoms with E-state index in [4.69, 9.17) is 5.14 Å². The number of anilines is 1. The number of hydrogen-bond donors (Lipinski definition) is 3. The molecule has 0 unspecified atom stereocenters. The Morgan fingerprint density at radius 1 is 1.38 bits per heavy atom. The summed E-state index contributed by atoms with van der Waals surface area (Å²) in [7, 11) is -3.79. The summed E-state index contributed by atoms with van der Waals surface area (Å²) in [5, 5.41) is 11.1. The van der Waals surface area contributed by atoms with Gasteiger partial charge in [0.1, 0.15) is 0 Å². The minimum Gasteiger partial charge on any atom is -0.325 e. The molecule has 21 heavy (non-hydrogen) atoms. The van der Waals surface area contributed by atoms with Crippen molar-refractivity contribution in [3.05, 3.63) is 23.8 Å². The third-order valence-corrected chi connectivity index (χ3v) is 4.50. The van der Waals surface area contributed by atoms with Crippen LogP contribution in [0, 0.1) is 6.92 Å². The molecule has 0 radical (unpaired) electrons. The first-order valence-corrected chi connectivity index (χ1v) is 8.28. The number of amides is 1. The van der Waals surface area contributed by atoms with Crippen LogP contribution in [0.5, 0.6) is 0 Å².